The van der Waals surface area contributed by atoms with E-state index in [-0.39, 0.29) is 5.97 Å². The van der Waals surface area contributed by atoms with E-state index in [1.54, 1.807) is 6.29 Å². The average molecular weight is 129 g/mol. The highest BCUT2D eigenvalue weighted by Crippen LogP contribution is 1.93. The fraction of sp³-hybridized carbons (Fsp3) is 0.667. The lowest BCUT2D eigenvalue weighted by Crippen LogP contribution is -1.99. The fourth-order valence-corrected chi connectivity index (χ4v) is 0.407. The Balaban J connectivity index is 3.06. The van der Waals surface area contributed by atoms with Gasteiger partial charge in [-0.25, -0.2) is 0 Å². The van der Waals surface area contributed by atoms with Crippen LogP contribution in [0.4, 0.5) is 0 Å². The molecule has 0 bridgehead atoms. The zero-order chi connectivity index (χ0) is 7.11. The molecule has 0 spiro atoms. The summed E-state index contributed by atoms with van der Waals surface area (Å²) in [7, 11) is 1.33. The molecule has 0 unspecified atom stereocenters. The molecular formula is C6H9O3. The molecule has 0 aliphatic rings. The number of carbonyl (C=O) groups is 1. The molecule has 51 valence electrons. The van der Waals surface area contributed by atoms with Gasteiger partial charge in [-0.2, -0.15) is 0 Å². The molecule has 0 aromatic rings. The lowest BCUT2D eigenvalue weighted by molar-refractivity contribution is -0.140. The van der Waals surface area contributed by atoms with Gasteiger partial charge in [0.05, 0.1) is 7.11 Å². The molecule has 0 aromatic heterocycles. The summed E-state index contributed by atoms with van der Waals surface area (Å²) in [5.41, 5.74) is 0. The van der Waals surface area contributed by atoms with Crippen molar-refractivity contribution in [2.75, 3.05) is 7.11 Å². The van der Waals surface area contributed by atoms with Gasteiger partial charge in [-0.15, -0.1) is 0 Å². The summed E-state index contributed by atoms with van der Waals surface area (Å²) in [6.07, 6.45) is 2.85. The highest BCUT2D eigenvalue weighted by atomic mass is 16.5. The minimum absolute atomic E-state index is 0.273. The highest BCUT2D eigenvalue weighted by Gasteiger charge is 1.97. The van der Waals surface area contributed by atoms with Crippen LogP contribution >= 0.6 is 0 Å². The van der Waals surface area contributed by atoms with E-state index in [0.717, 1.165) is 0 Å². The van der Waals surface area contributed by atoms with Crippen LogP contribution in [0.5, 0.6) is 0 Å². The predicted octanol–water partition coefficient (Wildman–Crippen LogP) is 0.439. The lowest BCUT2D eigenvalue weighted by atomic mass is 10.2. The van der Waals surface area contributed by atoms with Gasteiger partial charge < -0.3 is 4.74 Å². The summed E-state index contributed by atoms with van der Waals surface area (Å²) in [5, 5.41) is 0. The Kier molecular flexibility index (Phi) is 4.78. The second kappa shape index (κ2) is 5.28. The molecule has 0 aliphatic carbocycles. The molecule has 3 heteroatoms. The van der Waals surface area contributed by atoms with Crippen molar-refractivity contribution in [3.05, 3.63) is 0 Å². The van der Waals surface area contributed by atoms with Crippen LogP contribution in [0.25, 0.3) is 0 Å². The molecule has 0 saturated carbocycles. The van der Waals surface area contributed by atoms with Crippen molar-refractivity contribution in [2.24, 2.45) is 0 Å². The zero-order valence-corrected chi connectivity index (χ0v) is 5.35. The SMILES string of the molecule is COC(=O)CCC[C]=O. The standard InChI is InChI=1S/C6H9O3/c1-9-6(8)4-2-3-5-7/h2-4H2,1H3. The first kappa shape index (κ1) is 8.14. The van der Waals surface area contributed by atoms with Crippen molar-refractivity contribution in [2.45, 2.75) is 19.3 Å². The Hall–Kier alpha value is -0.860. The Morgan fingerprint density at radius 3 is 2.78 bits per heavy atom. The maximum atomic E-state index is 10.3. The van der Waals surface area contributed by atoms with Crippen molar-refractivity contribution in [3.63, 3.8) is 0 Å². The highest BCUT2D eigenvalue weighted by molar-refractivity contribution is 5.69. The molecule has 9 heavy (non-hydrogen) atoms. The second-order valence-electron chi connectivity index (χ2n) is 1.57. The van der Waals surface area contributed by atoms with Crippen LogP contribution in [0.2, 0.25) is 0 Å². The third-order valence-corrected chi connectivity index (χ3v) is 0.887. The van der Waals surface area contributed by atoms with Gasteiger partial charge in [0.1, 0.15) is 0 Å². The molecule has 0 N–H and O–H groups in total. The third-order valence-electron chi connectivity index (χ3n) is 0.887. The van der Waals surface area contributed by atoms with E-state index in [4.69, 9.17) is 0 Å². The number of rotatable bonds is 4. The molecule has 0 amide bonds. The van der Waals surface area contributed by atoms with E-state index in [0.29, 0.717) is 19.3 Å². The van der Waals surface area contributed by atoms with Crippen molar-refractivity contribution in [1.82, 2.24) is 0 Å². The van der Waals surface area contributed by atoms with E-state index >= 15 is 0 Å². The Morgan fingerprint density at radius 2 is 2.33 bits per heavy atom. The average Bonchev–Trinajstić information content (AvgIpc) is 1.89. The topological polar surface area (TPSA) is 43.4 Å². The van der Waals surface area contributed by atoms with Gasteiger partial charge in [0, 0.05) is 12.8 Å². The van der Waals surface area contributed by atoms with Crippen LogP contribution in [0.3, 0.4) is 0 Å². The molecular weight excluding hydrogens is 120 g/mol. The monoisotopic (exact) mass is 129 g/mol. The van der Waals surface area contributed by atoms with Crippen LogP contribution < -0.4 is 0 Å². The summed E-state index contributed by atoms with van der Waals surface area (Å²) >= 11 is 0. The number of unbranched alkanes of at least 4 members (excludes halogenated alkanes) is 1. The normalized spacial score (nSPS) is 8.56. The van der Waals surface area contributed by atoms with Gasteiger partial charge in [-0.05, 0) is 6.42 Å². The number of carbonyl (C=O) groups excluding carboxylic acids is 2. The molecule has 0 rings (SSSR count). The molecule has 3 nitrogen and oxygen atoms in total. The van der Waals surface area contributed by atoms with Crippen LogP contribution in [-0.2, 0) is 14.3 Å². The summed E-state index contributed by atoms with van der Waals surface area (Å²) in [6.45, 7) is 0. The summed E-state index contributed by atoms with van der Waals surface area (Å²) in [4.78, 5) is 19.9. The van der Waals surface area contributed by atoms with E-state index in [1.165, 1.54) is 7.11 Å². The molecule has 0 aromatic carbocycles. The van der Waals surface area contributed by atoms with Crippen molar-refractivity contribution in [3.8, 4) is 0 Å². The first-order valence-electron chi connectivity index (χ1n) is 2.73. The van der Waals surface area contributed by atoms with Crippen LogP contribution in [0.15, 0.2) is 0 Å². The Morgan fingerprint density at radius 1 is 1.67 bits per heavy atom. The minimum atomic E-state index is -0.273. The van der Waals surface area contributed by atoms with Crippen molar-refractivity contribution >= 4 is 12.3 Å². The summed E-state index contributed by atoms with van der Waals surface area (Å²) < 4.78 is 4.33. The number of hydrogen-bond donors (Lipinski definition) is 0. The van der Waals surface area contributed by atoms with Gasteiger partial charge in [-0.1, -0.05) is 0 Å². The largest absolute Gasteiger partial charge is 0.469 e. The van der Waals surface area contributed by atoms with E-state index in [2.05, 4.69) is 4.74 Å². The molecule has 0 heterocycles. The van der Waals surface area contributed by atoms with Gasteiger partial charge in [0.2, 0.25) is 0 Å². The van der Waals surface area contributed by atoms with Gasteiger partial charge in [-0.3, -0.25) is 9.59 Å². The van der Waals surface area contributed by atoms with Crippen LogP contribution in [-0.4, -0.2) is 19.4 Å². The molecule has 0 aliphatic heterocycles. The molecule has 0 atom stereocenters. The van der Waals surface area contributed by atoms with Gasteiger partial charge in [0.25, 0.3) is 0 Å². The number of methoxy groups -OCH3 is 1. The Labute approximate surface area is 54.0 Å². The number of hydrogen-bond acceptors (Lipinski definition) is 3. The van der Waals surface area contributed by atoms with Crippen molar-refractivity contribution < 1.29 is 14.3 Å². The summed E-state index contributed by atoms with van der Waals surface area (Å²) in [6, 6.07) is 0. The maximum Gasteiger partial charge on any atom is 0.305 e. The maximum absolute atomic E-state index is 10.3. The first-order valence-corrected chi connectivity index (χ1v) is 2.73. The van der Waals surface area contributed by atoms with Crippen LogP contribution in [0, 0.1) is 0 Å². The summed E-state index contributed by atoms with van der Waals surface area (Å²) in [5.74, 6) is -0.273. The second-order valence-corrected chi connectivity index (χ2v) is 1.57. The fourth-order valence-electron chi connectivity index (χ4n) is 0.407. The molecule has 0 saturated heterocycles. The quantitative estimate of drug-likeness (QED) is 0.408. The molecule has 0 fully saturated rings. The van der Waals surface area contributed by atoms with Crippen molar-refractivity contribution in [1.29, 1.82) is 0 Å². The minimum Gasteiger partial charge on any atom is -0.469 e. The van der Waals surface area contributed by atoms with E-state index in [1.807, 2.05) is 0 Å². The lowest BCUT2D eigenvalue weighted by Gasteiger charge is -1.93. The van der Waals surface area contributed by atoms with E-state index in [9.17, 15) is 9.59 Å². The number of ether oxygens (including phenoxy) is 1. The van der Waals surface area contributed by atoms with Gasteiger partial charge >= 0.3 is 5.97 Å². The third kappa shape index (κ3) is 5.00. The van der Waals surface area contributed by atoms with Gasteiger partial charge in [0.15, 0.2) is 6.29 Å². The zero-order valence-electron chi connectivity index (χ0n) is 5.35. The predicted molar refractivity (Wildman–Crippen MR) is 31.6 cm³/mol. The smallest absolute Gasteiger partial charge is 0.305 e. The number of esters is 1. The van der Waals surface area contributed by atoms with Crippen LogP contribution in [0.1, 0.15) is 19.3 Å². The first-order chi connectivity index (χ1) is 4.31. The van der Waals surface area contributed by atoms with E-state index < -0.39 is 0 Å². The Bertz CT molecular complexity index is 98.5. The molecule has 1 radical (unpaired) electrons.